The Bertz CT molecular complexity index is 577. The number of rotatable bonds is 8. The zero-order valence-corrected chi connectivity index (χ0v) is 12.7. The minimum Gasteiger partial charge on any atom is -0.394 e. The van der Waals surface area contributed by atoms with Crippen molar-refractivity contribution in [3.05, 3.63) is 90.5 Å². The summed E-state index contributed by atoms with van der Waals surface area (Å²) in [5, 5.41) is 13.1. The zero-order chi connectivity index (χ0) is 15.6. The van der Waals surface area contributed by atoms with Crippen molar-refractivity contribution < 1.29 is 5.11 Å². The zero-order valence-electron chi connectivity index (χ0n) is 12.7. The molecule has 2 rings (SSSR count). The lowest BCUT2D eigenvalue weighted by Gasteiger charge is -2.22. The Kier molecular flexibility index (Phi) is 6.62. The van der Waals surface area contributed by atoms with Crippen LogP contribution < -0.4 is 5.32 Å². The van der Waals surface area contributed by atoms with Crippen molar-refractivity contribution >= 4 is 6.08 Å². The Hall–Kier alpha value is -2.16. The molecule has 2 nitrogen and oxygen atoms in total. The van der Waals surface area contributed by atoms with E-state index in [1.165, 1.54) is 5.56 Å². The van der Waals surface area contributed by atoms with Crippen LogP contribution in [-0.2, 0) is 0 Å². The Morgan fingerprint density at radius 1 is 1.00 bits per heavy atom. The van der Waals surface area contributed by atoms with Crippen LogP contribution in [-0.4, -0.2) is 17.8 Å². The molecule has 0 heterocycles. The quantitative estimate of drug-likeness (QED) is 0.722. The Morgan fingerprint density at radius 2 is 1.64 bits per heavy atom. The Balaban J connectivity index is 2.06. The van der Waals surface area contributed by atoms with Crippen molar-refractivity contribution in [2.24, 2.45) is 0 Å². The fourth-order valence-electron chi connectivity index (χ4n) is 2.37. The lowest BCUT2D eigenvalue weighted by atomic mass is 10.0. The molecular formula is C20H23NO. The molecule has 0 aliphatic heterocycles. The highest BCUT2D eigenvalue weighted by Gasteiger charge is 2.13. The standard InChI is InChI=1S/C20H23NO/c1-2-9-20(18-12-7-4-8-13-18)21-19(16-22)15-14-17-10-5-3-6-11-17/h2-8,10-15,19-22H,1,9,16H2/b15-14+/t19-,20-/m1/s1. The number of aliphatic hydroxyl groups is 1. The van der Waals surface area contributed by atoms with E-state index in [2.05, 4.69) is 24.0 Å². The van der Waals surface area contributed by atoms with Gasteiger partial charge in [-0.3, -0.25) is 0 Å². The van der Waals surface area contributed by atoms with Crippen LogP contribution in [0.2, 0.25) is 0 Å². The van der Waals surface area contributed by atoms with Crippen molar-refractivity contribution in [1.29, 1.82) is 0 Å². The van der Waals surface area contributed by atoms with Crippen molar-refractivity contribution in [2.45, 2.75) is 18.5 Å². The van der Waals surface area contributed by atoms with Gasteiger partial charge in [-0.15, -0.1) is 6.58 Å². The molecule has 22 heavy (non-hydrogen) atoms. The van der Waals surface area contributed by atoms with Crippen molar-refractivity contribution in [2.75, 3.05) is 6.61 Å². The van der Waals surface area contributed by atoms with Crippen LogP contribution in [0.25, 0.3) is 6.08 Å². The highest BCUT2D eigenvalue weighted by atomic mass is 16.3. The lowest BCUT2D eigenvalue weighted by molar-refractivity contribution is 0.254. The maximum atomic E-state index is 9.63. The van der Waals surface area contributed by atoms with Gasteiger partial charge in [0.25, 0.3) is 0 Å². The summed E-state index contributed by atoms with van der Waals surface area (Å²) < 4.78 is 0. The summed E-state index contributed by atoms with van der Waals surface area (Å²) in [7, 11) is 0. The fraction of sp³-hybridized carbons (Fsp3) is 0.200. The fourth-order valence-corrected chi connectivity index (χ4v) is 2.37. The lowest BCUT2D eigenvalue weighted by Crippen LogP contribution is -2.34. The van der Waals surface area contributed by atoms with Gasteiger partial charge in [-0.05, 0) is 17.5 Å². The smallest absolute Gasteiger partial charge is 0.0620 e. The van der Waals surface area contributed by atoms with Crippen LogP contribution in [0, 0.1) is 0 Å². The van der Waals surface area contributed by atoms with Gasteiger partial charge in [0.2, 0.25) is 0 Å². The van der Waals surface area contributed by atoms with Crippen molar-refractivity contribution in [3.8, 4) is 0 Å². The summed E-state index contributed by atoms with van der Waals surface area (Å²) in [6.45, 7) is 3.89. The first kappa shape index (κ1) is 16.2. The molecule has 0 radical (unpaired) electrons. The van der Waals surface area contributed by atoms with Crippen LogP contribution in [0.4, 0.5) is 0 Å². The van der Waals surface area contributed by atoms with E-state index in [0.717, 1.165) is 12.0 Å². The average Bonchev–Trinajstić information content (AvgIpc) is 2.59. The minimum atomic E-state index is -0.0923. The second kappa shape index (κ2) is 8.98. The van der Waals surface area contributed by atoms with E-state index in [0.29, 0.717) is 0 Å². The second-order valence-corrected chi connectivity index (χ2v) is 5.21. The highest BCUT2D eigenvalue weighted by molar-refractivity contribution is 5.49. The van der Waals surface area contributed by atoms with E-state index in [1.807, 2.05) is 66.8 Å². The molecule has 0 unspecified atom stereocenters. The normalized spacial score (nSPS) is 13.9. The van der Waals surface area contributed by atoms with Crippen LogP contribution in [0.1, 0.15) is 23.6 Å². The number of aliphatic hydroxyl groups excluding tert-OH is 1. The first-order valence-corrected chi connectivity index (χ1v) is 7.59. The largest absolute Gasteiger partial charge is 0.394 e. The summed E-state index contributed by atoms with van der Waals surface area (Å²) in [6.07, 6.45) is 6.76. The first-order chi connectivity index (χ1) is 10.8. The molecule has 0 aliphatic carbocycles. The monoisotopic (exact) mass is 293 g/mol. The molecule has 0 amide bonds. The molecule has 2 N–H and O–H groups in total. The highest BCUT2D eigenvalue weighted by Crippen LogP contribution is 2.18. The molecule has 2 heteroatoms. The van der Waals surface area contributed by atoms with E-state index in [-0.39, 0.29) is 18.7 Å². The van der Waals surface area contributed by atoms with E-state index in [1.54, 1.807) is 0 Å². The summed E-state index contributed by atoms with van der Waals surface area (Å²) in [4.78, 5) is 0. The van der Waals surface area contributed by atoms with Crippen LogP contribution in [0.3, 0.4) is 0 Å². The maximum Gasteiger partial charge on any atom is 0.0620 e. The molecule has 0 aromatic heterocycles. The van der Waals surface area contributed by atoms with Gasteiger partial charge in [-0.1, -0.05) is 78.9 Å². The van der Waals surface area contributed by atoms with E-state index < -0.39 is 0 Å². The molecule has 0 aliphatic rings. The van der Waals surface area contributed by atoms with Crippen molar-refractivity contribution in [3.63, 3.8) is 0 Å². The maximum absolute atomic E-state index is 9.63. The predicted molar refractivity (Wildman–Crippen MR) is 93.5 cm³/mol. The van der Waals surface area contributed by atoms with Crippen LogP contribution >= 0.6 is 0 Å². The number of nitrogens with one attached hydrogen (secondary N) is 1. The van der Waals surface area contributed by atoms with Crippen LogP contribution in [0.5, 0.6) is 0 Å². The molecule has 0 saturated heterocycles. The third kappa shape index (κ3) is 4.99. The molecule has 0 spiro atoms. The molecule has 114 valence electrons. The predicted octanol–water partition coefficient (Wildman–Crippen LogP) is 3.97. The number of benzene rings is 2. The number of hydrogen-bond donors (Lipinski definition) is 2. The van der Waals surface area contributed by atoms with Gasteiger partial charge in [-0.2, -0.15) is 0 Å². The average molecular weight is 293 g/mol. The third-order valence-corrected chi connectivity index (χ3v) is 3.54. The van der Waals surface area contributed by atoms with Crippen molar-refractivity contribution in [1.82, 2.24) is 5.32 Å². The van der Waals surface area contributed by atoms with Gasteiger partial charge < -0.3 is 10.4 Å². The van der Waals surface area contributed by atoms with Gasteiger partial charge in [0.15, 0.2) is 0 Å². The Morgan fingerprint density at radius 3 is 2.23 bits per heavy atom. The summed E-state index contributed by atoms with van der Waals surface area (Å²) in [5.74, 6) is 0. The summed E-state index contributed by atoms with van der Waals surface area (Å²) in [5.41, 5.74) is 2.33. The van der Waals surface area contributed by atoms with Gasteiger partial charge in [0, 0.05) is 12.1 Å². The van der Waals surface area contributed by atoms with E-state index >= 15 is 0 Å². The molecule has 0 fully saturated rings. The summed E-state index contributed by atoms with van der Waals surface area (Å²) >= 11 is 0. The third-order valence-electron chi connectivity index (χ3n) is 3.54. The van der Waals surface area contributed by atoms with Gasteiger partial charge >= 0.3 is 0 Å². The second-order valence-electron chi connectivity index (χ2n) is 5.21. The van der Waals surface area contributed by atoms with Crippen LogP contribution in [0.15, 0.2) is 79.4 Å². The van der Waals surface area contributed by atoms with Gasteiger partial charge in [0.1, 0.15) is 0 Å². The number of hydrogen-bond acceptors (Lipinski definition) is 2. The van der Waals surface area contributed by atoms with E-state index in [9.17, 15) is 5.11 Å². The molecule has 2 aromatic carbocycles. The van der Waals surface area contributed by atoms with Gasteiger partial charge in [-0.25, -0.2) is 0 Å². The first-order valence-electron chi connectivity index (χ1n) is 7.59. The van der Waals surface area contributed by atoms with Gasteiger partial charge in [0.05, 0.1) is 6.61 Å². The molecule has 0 bridgehead atoms. The van der Waals surface area contributed by atoms with E-state index in [4.69, 9.17) is 0 Å². The minimum absolute atomic E-state index is 0.0593. The molecular weight excluding hydrogens is 270 g/mol. The molecule has 2 aromatic rings. The molecule has 0 saturated carbocycles. The topological polar surface area (TPSA) is 32.3 Å². The SMILES string of the molecule is C=CC[C@@H](N[C@H](/C=C/c1ccccc1)CO)c1ccccc1. The molecule has 2 atom stereocenters. The summed E-state index contributed by atoms with van der Waals surface area (Å²) in [6, 6.07) is 20.4. The Labute approximate surface area is 132 Å².